The standard InChI is InChI=1S/C14H18N2O5/c1-7-3-2-4-8(5-10(16)14(20)21)12(7)13(19)9(15)6-11(17)18/h2-4,9-10H,5-6,15-16H2,1H3,(H,17,18)(H,20,21). The van der Waals surface area contributed by atoms with E-state index in [0.29, 0.717) is 11.1 Å². The maximum absolute atomic E-state index is 12.3. The number of aryl methyl sites for hydroxylation is 1. The van der Waals surface area contributed by atoms with Gasteiger partial charge < -0.3 is 21.7 Å². The van der Waals surface area contributed by atoms with Gasteiger partial charge >= 0.3 is 11.9 Å². The number of carbonyl (C=O) groups excluding carboxylic acids is 1. The van der Waals surface area contributed by atoms with Crippen molar-refractivity contribution in [3.05, 3.63) is 34.9 Å². The van der Waals surface area contributed by atoms with Gasteiger partial charge in [0.05, 0.1) is 12.5 Å². The van der Waals surface area contributed by atoms with Crippen LogP contribution in [-0.2, 0) is 16.0 Å². The lowest BCUT2D eigenvalue weighted by molar-refractivity contribution is -0.139. The minimum absolute atomic E-state index is 0.0299. The Morgan fingerprint density at radius 3 is 2.29 bits per heavy atom. The molecule has 0 saturated carbocycles. The van der Waals surface area contributed by atoms with Crippen LogP contribution in [0.25, 0.3) is 0 Å². The molecule has 21 heavy (non-hydrogen) atoms. The third-order valence-corrected chi connectivity index (χ3v) is 3.09. The highest BCUT2D eigenvalue weighted by Crippen LogP contribution is 2.18. The number of hydrogen-bond acceptors (Lipinski definition) is 5. The fraction of sp³-hybridized carbons (Fsp3) is 0.357. The summed E-state index contributed by atoms with van der Waals surface area (Å²) in [5.74, 6) is -2.87. The summed E-state index contributed by atoms with van der Waals surface area (Å²) in [6.07, 6.45) is -0.518. The second-order valence-corrected chi connectivity index (χ2v) is 4.83. The van der Waals surface area contributed by atoms with E-state index in [-0.39, 0.29) is 12.0 Å². The molecule has 2 unspecified atom stereocenters. The van der Waals surface area contributed by atoms with Crippen LogP contribution in [0.3, 0.4) is 0 Å². The summed E-state index contributed by atoms with van der Waals surface area (Å²) in [5.41, 5.74) is 12.4. The summed E-state index contributed by atoms with van der Waals surface area (Å²) < 4.78 is 0. The molecule has 0 bridgehead atoms. The average molecular weight is 294 g/mol. The normalized spacial score (nSPS) is 13.5. The maximum Gasteiger partial charge on any atom is 0.320 e. The van der Waals surface area contributed by atoms with Crippen LogP contribution in [0.15, 0.2) is 18.2 Å². The number of benzene rings is 1. The summed E-state index contributed by atoms with van der Waals surface area (Å²) >= 11 is 0. The van der Waals surface area contributed by atoms with Crippen molar-refractivity contribution in [2.45, 2.75) is 31.8 Å². The molecule has 0 saturated heterocycles. The zero-order valence-electron chi connectivity index (χ0n) is 11.6. The number of ketones is 1. The van der Waals surface area contributed by atoms with E-state index in [1.807, 2.05) is 0 Å². The summed E-state index contributed by atoms with van der Waals surface area (Å²) in [7, 11) is 0. The fourth-order valence-corrected chi connectivity index (χ4v) is 2.04. The first-order valence-electron chi connectivity index (χ1n) is 6.32. The second-order valence-electron chi connectivity index (χ2n) is 4.83. The highest BCUT2D eigenvalue weighted by Gasteiger charge is 2.24. The molecule has 0 aromatic heterocycles. The van der Waals surface area contributed by atoms with Crippen molar-refractivity contribution >= 4 is 17.7 Å². The van der Waals surface area contributed by atoms with E-state index in [9.17, 15) is 14.4 Å². The molecule has 0 radical (unpaired) electrons. The molecular formula is C14H18N2O5. The highest BCUT2D eigenvalue weighted by atomic mass is 16.4. The van der Waals surface area contributed by atoms with Crippen molar-refractivity contribution in [1.29, 1.82) is 0 Å². The Morgan fingerprint density at radius 1 is 1.14 bits per heavy atom. The molecule has 2 atom stereocenters. The molecule has 6 N–H and O–H groups in total. The van der Waals surface area contributed by atoms with E-state index < -0.39 is 36.2 Å². The zero-order chi connectivity index (χ0) is 16.2. The molecule has 0 heterocycles. The summed E-state index contributed by atoms with van der Waals surface area (Å²) in [6, 6.07) is 2.63. The number of carboxylic acid groups (broad SMARTS) is 2. The first-order valence-corrected chi connectivity index (χ1v) is 6.32. The molecule has 1 aromatic carbocycles. The largest absolute Gasteiger partial charge is 0.481 e. The first-order chi connectivity index (χ1) is 9.73. The molecule has 0 aliphatic heterocycles. The van der Waals surface area contributed by atoms with Gasteiger partial charge in [0.2, 0.25) is 0 Å². The van der Waals surface area contributed by atoms with Gasteiger partial charge in [-0.2, -0.15) is 0 Å². The predicted octanol–water partition coefficient (Wildman–Crippen LogP) is -0.0659. The van der Waals surface area contributed by atoms with E-state index in [4.69, 9.17) is 21.7 Å². The van der Waals surface area contributed by atoms with Gasteiger partial charge in [0, 0.05) is 5.56 Å². The third-order valence-electron chi connectivity index (χ3n) is 3.09. The number of aliphatic carboxylic acids is 2. The Morgan fingerprint density at radius 2 is 1.76 bits per heavy atom. The minimum atomic E-state index is -1.18. The Labute approximate surface area is 121 Å². The van der Waals surface area contributed by atoms with Crippen molar-refractivity contribution < 1.29 is 24.6 Å². The predicted molar refractivity (Wildman–Crippen MR) is 75.1 cm³/mol. The highest BCUT2D eigenvalue weighted by molar-refractivity contribution is 6.04. The quantitative estimate of drug-likeness (QED) is 0.515. The smallest absolute Gasteiger partial charge is 0.320 e. The van der Waals surface area contributed by atoms with Crippen LogP contribution in [-0.4, -0.2) is 40.0 Å². The molecule has 1 aromatic rings. The van der Waals surface area contributed by atoms with Crippen LogP contribution in [0.4, 0.5) is 0 Å². The molecule has 0 fully saturated rings. The van der Waals surface area contributed by atoms with E-state index in [1.54, 1.807) is 25.1 Å². The minimum Gasteiger partial charge on any atom is -0.481 e. The number of carbonyl (C=O) groups is 3. The average Bonchev–Trinajstić information content (AvgIpc) is 2.37. The first kappa shape index (κ1) is 16.8. The van der Waals surface area contributed by atoms with Crippen LogP contribution >= 0.6 is 0 Å². The van der Waals surface area contributed by atoms with Gasteiger partial charge in [-0.05, 0) is 24.5 Å². The SMILES string of the molecule is Cc1cccc(CC(N)C(=O)O)c1C(=O)C(N)CC(=O)O. The van der Waals surface area contributed by atoms with Gasteiger partial charge in [-0.15, -0.1) is 0 Å². The molecule has 0 amide bonds. The lowest BCUT2D eigenvalue weighted by Gasteiger charge is -2.16. The van der Waals surface area contributed by atoms with E-state index >= 15 is 0 Å². The number of nitrogens with two attached hydrogens (primary N) is 2. The van der Waals surface area contributed by atoms with E-state index in [2.05, 4.69) is 0 Å². The molecule has 0 aliphatic carbocycles. The Bertz CT molecular complexity index is 570. The van der Waals surface area contributed by atoms with E-state index in [1.165, 1.54) is 0 Å². The van der Waals surface area contributed by atoms with E-state index in [0.717, 1.165) is 0 Å². The molecule has 7 heteroatoms. The van der Waals surface area contributed by atoms with Crippen LogP contribution in [0.1, 0.15) is 27.9 Å². The molecule has 0 aliphatic rings. The van der Waals surface area contributed by atoms with Crippen molar-refractivity contribution in [3.8, 4) is 0 Å². The summed E-state index contributed by atoms with van der Waals surface area (Å²) in [6.45, 7) is 1.68. The van der Waals surface area contributed by atoms with Crippen molar-refractivity contribution in [3.63, 3.8) is 0 Å². The van der Waals surface area contributed by atoms with Crippen LogP contribution in [0, 0.1) is 6.92 Å². The van der Waals surface area contributed by atoms with Crippen molar-refractivity contribution in [1.82, 2.24) is 0 Å². The van der Waals surface area contributed by atoms with Gasteiger partial charge in [-0.25, -0.2) is 0 Å². The number of hydrogen-bond donors (Lipinski definition) is 4. The molecule has 114 valence electrons. The lowest BCUT2D eigenvalue weighted by atomic mass is 9.90. The third kappa shape index (κ3) is 4.37. The van der Waals surface area contributed by atoms with Gasteiger partial charge in [0.25, 0.3) is 0 Å². The van der Waals surface area contributed by atoms with Gasteiger partial charge in [0.15, 0.2) is 5.78 Å². The summed E-state index contributed by atoms with van der Waals surface area (Å²) in [4.78, 5) is 33.8. The van der Waals surface area contributed by atoms with Crippen molar-refractivity contribution in [2.24, 2.45) is 11.5 Å². The summed E-state index contributed by atoms with van der Waals surface area (Å²) in [5, 5.41) is 17.6. The number of rotatable bonds is 7. The number of carboxylic acids is 2. The number of Topliss-reactive ketones (excluding diaryl/α,β-unsaturated/α-hetero) is 1. The van der Waals surface area contributed by atoms with Crippen molar-refractivity contribution in [2.75, 3.05) is 0 Å². The molecule has 0 spiro atoms. The van der Waals surface area contributed by atoms with Gasteiger partial charge in [-0.1, -0.05) is 18.2 Å². The lowest BCUT2D eigenvalue weighted by Crippen LogP contribution is -2.36. The van der Waals surface area contributed by atoms with Crippen LogP contribution in [0.5, 0.6) is 0 Å². The van der Waals surface area contributed by atoms with Crippen LogP contribution < -0.4 is 11.5 Å². The Kier molecular flexibility index (Phi) is 5.57. The topological polar surface area (TPSA) is 144 Å². The molecular weight excluding hydrogens is 276 g/mol. The Balaban J connectivity index is 3.13. The second kappa shape index (κ2) is 6.96. The zero-order valence-corrected chi connectivity index (χ0v) is 11.6. The van der Waals surface area contributed by atoms with Crippen LogP contribution in [0.2, 0.25) is 0 Å². The van der Waals surface area contributed by atoms with Gasteiger partial charge in [0.1, 0.15) is 6.04 Å². The fourth-order valence-electron chi connectivity index (χ4n) is 2.04. The molecule has 1 rings (SSSR count). The molecule has 7 nitrogen and oxygen atoms in total. The van der Waals surface area contributed by atoms with Gasteiger partial charge in [-0.3, -0.25) is 14.4 Å². The Hall–Kier alpha value is -2.25. The maximum atomic E-state index is 12.3. The monoisotopic (exact) mass is 294 g/mol.